The molecule has 0 saturated heterocycles. The highest BCUT2D eigenvalue weighted by Crippen LogP contribution is 2.27. The van der Waals surface area contributed by atoms with Crippen LogP contribution >= 0.6 is 23.1 Å². The van der Waals surface area contributed by atoms with Crippen LogP contribution in [0.2, 0.25) is 0 Å². The van der Waals surface area contributed by atoms with Crippen LogP contribution in [0.15, 0.2) is 53.0 Å². The number of nitrogens with zero attached hydrogens (tertiary/aromatic N) is 4. The Balaban J connectivity index is 1.42. The minimum atomic E-state index is 0.187. The van der Waals surface area contributed by atoms with Gasteiger partial charge in [0.15, 0.2) is 5.16 Å². The van der Waals surface area contributed by atoms with E-state index in [0.29, 0.717) is 11.8 Å². The monoisotopic (exact) mass is 468 g/mol. The van der Waals surface area contributed by atoms with Crippen molar-refractivity contribution in [2.75, 3.05) is 12.8 Å². The van der Waals surface area contributed by atoms with Gasteiger partial charge in [-0.1, -0.05) is 55.1 Å². The van der Waals surface area contributed by atoms with Crippen molar-refractivity contribution < 1.29 is 4.79 Å². The zero-order valence-electron chi connectivity index (χ0n) is 18.9. The molecule has 0 unspecified atom stereocenters. The maximum atomic E-state index is 12.9. The second-order valence-electron chi connectivity index (χ2n) is 8.75. The van der Waals surface area contributed by atoms with Crippen molar-refractivity contribution in [3.63, 3.8) is 0 Å². The Labute approximate surface area is 199 Å². The quantitative estimate of drug-likeness (QED) is 0.400. The van der Waals surface area contributed by atoms with Crippen LogP contribution in [0.5, 0.6) is 0 Å². The average Bonchev–Trinajstić information content (AvgIpc) is 3.47. The predicted octanol–water partition coefficient (Wildman–Crippen LogP) is 5.30. The molecular formula is C25H32N4OS2. The van der Waals surface area contributed by atoms with Gasteiger partial charge >= 0.3 is 0 Å². The van der Waals surface area contributed by atoms with Crippen molar-refractivity contribution in [1.82, 2.24) is 19.7 Å². The van der Waals surface area contributed by atoms with E-state index < -0.39 is 0 Å². The minimum absolute atomic E-state index is 0.187. The number of hydrogen-bond donors (Lipinski definition) is 0. The standard InChI is InChI=1S/C25H32N4OS2/c1-19-10-12-21(13-11-19)28(2)24(30)18-32-25-27-26-23(17-22-9-6-16-31-22)29(25)15-14-20-7-4-3-5-8-20/h3-9,16,19,21H,10-15,17-18H2,1-2H3. The van der Waals surface area contributed by atoms with Crippen molar-refractivity contribution in [2.24, 2.45) is 5.92 Å². The fraction of sp³-hybridized carbons (Fsp3) is 0.480. The van der Waals surface area contributed by atoms with Gasteiger partial charge in [0.2, 0.25) is 5.91 Å². The van der Waals surface area contributed by atoms with Crippen molar-refractivity contribution in [1.29, 1.82) is 0 Å². The van der Waals surface area contributed by atoms with Crippen LogP contribution in [-0.2, 0) is 24.2 Å². The van der Waals surface area contributed by atoms with Crippen molar-refractivity contribution in [2.45, 2.75) is 63.2 Å². The fourth-order valence-corrected chi connectivity index (χ4v) is 5.91. The molecule has 32 heavy (non-hydrogen) atoms. The first kappa shape index (κ1) is 23.1. The van der Waals surface area contributed by atoms with Gasteiger partial charge in [0.1, 0.15) is 5.82 Å². The van der Waals surface area contributed by atoms with Gasteiger partial charge < -0.3 is 9.47 Å². The molecule has 7 heteroatoms. The first-order valence-electron chi connectivity index (χ1n) is 11.5. The number of benzene rings is 1. The van der Waals surface area contributed by atoms with Gasteiger partial charge in [-0.15, -0.1) is 21.5 Å². The Bertz CT molecular complexity index is 979. The van der Waals surface area contributed by atoms with E-state index in [-0.39, 0.29) is 5.91 Å². The molecule has 0 atom stereocenters. The van der Waals surface area contributed by atoms with E-state index in [4.69, 9.17) is 0 Å². The lowest BCUT2D eigenvalue weighted by Crippen LogP contribution is -2.40. The zero-order chi connectivity index (χ0) is 22.3. The third-order valence-corrected chi connectivity index (χ3v) is 8.25. The molecule has 2 aromatic heterocycles. The Hall–Kier alpha value is -2.12. The molecule has 3 aromatic rings. The topological polar surface area (TPSA) is 51.0 Å². The van der Waals surface area contributed by atoms with E-state index in [2.05, 4.69) is 63.5 Å². The van der Waals surface area contributed by atoms with Gasteiger partial charge in [0.25, 0.3) is 0 Å². The molecule has 0 bridgehead atoms. The van der Waals surface area contributed by atoms with Crippen molar-refractivity contribution in [3.8, 4) is 0 Å². The summed E-state index contributed by atoms with van der Waals surface area (Å²) in [7, 11) is 1.96. The zero-order valence-corrected chi connectivity index (χ0v) is 20.6. The van der Waals surface area contributed by atoms with Crippen LogP contribution in [0.1, 0.15) is 48.9 Å². The van der Waals surface area contributed by atoms with Crippen LogP contribution in [0.25, 0.3) is 0 Å². The molecule has 0 N–H and O–H groups in total. The molecule has 0 radical (unpaired) electrons. The lowest BCUT2D eigenvalue weighted by atomic mass is 9.87. The molecule has 170 valence electrons. The lowest BCUT2D eigenvalue weighted by molar-refractivity contribution is -0.129. The molecule has 1 aromatic carbocycles. The summed E-state index contributed by atoms with van der Waals surface area (Å²) in [5.74, 6) is 2.35. The van der Waals surface area contributed by atoms with Crippen molar-refractivity contribution in [3.05, 3.63) is 64.1 Å². The Morgan fingerprint density at radius 3 is 2.62 bits per heavy atom. The number of thiophene rings is 1. The molecule has 2 heterocycles. The third kappa shape index (κ3) is 6.01. The highest BCUT2D eigenvalue weighted by Gasteiger charge is 2.25. The molecule has 1 fully saturated rings. The molecule has 0 aliphatic heterocycles. The molecule has 1 amide bonds. The van der Waals surface area contributed by atoms with E-state index >= 15 is 0 Å². The SMILES string of the molecule is CC1CCC(N(C)C(=O)CSc2nnc(Cc3cccs3)n2CCc2ccccc2)CC1. The Kier molecular flexibility index (Phi) is 8.03. The largest absolute Gasteiger partial charge is 0.342 e. The van der Waals surface area contributed by atoms with E-state index in [9.17, 15) is 4.79 Å². The van der Waals surface area contributed by atoms with E-state index in [1.54, 1.807) is 11.3 Å². The number of carbonyl (C=O) groups is 1. The molecule has 4 rings (SSSR count). The maximum absolute atomic E-state index is 12.9. The lowest BCUT2D eigenvalue weighted by Gasteiger charge is -2.33. The molecule has 1 aliphatic carbocycles. The second-order valence-corrected chi connectivity index (χ2v) is 10.7. The summed E-state index contributed by atoms with van der Waals surface area (Å²) in [5.41, 5.74) is 1.29. The molecule has 1 aliphatic rings. The van der Waals surface area contributed by atoms with Crippen LogP contribution in [0, 0.1) is 5.92 Å². The van der Waals surface area contributed by atoms with E-state index in [1.165, 1.54) is 35.0 Å². The normalized spacial score (nSPS) is 18.6. The maximum Gasteiger partial charge on any atom is 0.233 e. The summed E-state index contributed by atoms with van der Waals surface area (Å²) in [4.78, 5) is 16.1. The third-order valence-electron chi connectivity index (χ3n) is 6.42. The summed E-state index contributed by atoms with van der Waals surface area (Å²) in [5, 5.41) is 11.9. The summed E-state index contributed by atoms with van der Waals surface area (Å²) < 4.78 is 2.20. The first-order chi connectivity index (χ1) is 15.6. The summed E-state index contributed by atoms with van der Waals surface area (Å²) in [6.45, 7) is 3.12. The predicted molar refractivity (Wildman–Crippen MR) is 132 cm³/mol. The number of carbonyl (C=O) groups excluding carboxylic acids is 1. The number of thioether (sulfide) groups is 1. The molecule has 1 saturated carbocycles. The molecule has 0 spiro atoms. The van der Waals surface area contributed by atoms with Crippen LogP contribution in [0.4, 0.5) is 0 Å². The Morgan fingerprint density at radius 2 is 1.91 bits per heavy atom. The van der Waals surface area contributed by atoms with Crippen LogP contribution < -0.4 is 0 Å². The molecular weight excluding hydrogens is 436 g/mol. The molecule has 5 nitrogen and oxygen atoms in total. The number of aromatic nitrogens is 3. The van der Waals surface area contributed by atoms with Gasteiger partial charge in [-0.3, -0.25) is 4.79 Å². The van der Waals surface area contributed by atoms with Crippen LogP contribution in [0.3, 0.4) is 0 Å². The summed E-state index contributed by atoms with van der Waals surface area (Å²) in [6.07, 6.45) is 6.36. The number of aryl methyl sites for hydroxylation is 1. The van der Waals surface area contributed by atoms with Crippen LogP contribution in [-0.4, -0.2) is 44.4 Å². The van der Waals surface area contributed by atoms with Gasteiger partial charge in [-0.2, -0.15) is 0 Å². The first-order valence-corrected chi connectivity index (χ1v) is 13.3. The number of hydrogen-bond acceptors (Lipinski definition) is 5. The minimum Gasteiger partial charge on any atom is -0.342 e. The van der Waals surface area contributed by atoms with Gasteiger partial charge in [-0.05, 0) is 55.0 Å². The van der Waals surface area contributed by atoms with E-state index in [0.717, 1.165) is 49.1 Å². The smallest absolute Gasteiger partial charge is 0.233 e. The number of rotatable bonds is 9. The summed E-state index contributed by atoms with van der Waals surface area (Å²) >= 11 is 3.26. The highest BCUT2D eigenvalue weighted by molar-refractivity contribution is 7.99. The Morgan fingerprint density at radius 1 is 1.12 bits per heavy atom. The van der Waals surface area contributed by atoms with Gasteiger partial charge in [-0.25, -0.2) is 0 Å². The second kappa shape index (κ2) is 11.1. The fourth-order valence-electron chi connectivity index (χ4n) is 4.30. The summed E-state index contributed by atoms with van der Waals surface area (Å²) in [6, 6.07) is 15.1. The van der Waals surface area contributed by atoms with Gasteiger partial charge in [0, 0.05) is 30.9 Å². The number of amides is 1. The highest BCUT2D eigenvalue weighted by atomic mass is 32.2. The van der Waals surface area contributed by atoms with E-state index in [1.807, 2.05) is 18.0 Å². The van der Waals surface area contributed by atoms with Gasteiger partial charge in [0.05, 0.1) is 5.75 Å². The van der Waals surface area contributed by atoms with Crippen molar-refractivity contribution >= 4 is 29.0 Å². The average molecular weight is 469 g/mol.